The Morgan fingerprint density at radius 1 is 0.975 bits per heavy atom. The van der Waals surface area contributed by atoms with Crippen LogP contribution in [0.5, 0.6) is 11.5 Å². The fourth-order valence-electron chi connectivity index (χ4n) is 3.62. The molecule has 16 heteroatoms. The maximum absolute atomic E-state index is 15.9. The van der Waals surface area contributed by atoms with Crippen LogP contribution in [-0.2, 0) is 18.1 Å². The van der Waals surface area contributed by atoms with Gasteiger partial charge < -0.3 is 15.3 Å². The number of halogens is 7. The molecule has 9 nitrogen and oxygen atoms in total. The number of hydrazone groups is 1. The van der Waals surface area contributed by atoms with Gasteiger partial charge in [0.1, 0.15) is 41.8 Å². The topological polar surface area (TPSA) is 128 Å². The van der Waals surface area contributed by atoms with E-state index in [4.69, 9.17) is 16.4 Å². The van der Waals surface area contributed by atoms with Gasteiger partial charge in [0.25, 0.3) is 0 Å². The van der Waals surface area contributed by atoms with Crippen LogP contribution in [0, 0.1) is 16.5 Å². The first-order valence-electron chi connectivity index (χ1n) is 11.1. The minimum atomic E-state index is -4.53. The molecule has 0 saturated heterocycles. The van der Waals surface area contributed by atoms with Crippen LogP contribution in [0.1, 0.15) is 16.8 Å². The summed E-state index contributed by atoms with van der Waals surface area (Å²) in [7, 11) is 0. The highest BCUT2D eigenvalue weighted by molar-refractivity contribution is 5.54. The van der Waals surface area contributed by atoms with E-state index in [-0.39, 0.29) is 18.1 Å². The number of hydrogen-bond acceptors (Lipinski definition) is 8. The van der Waals surface area contributed by atoms with Crippen LogP contribution in [0.25, 0.3) is 0 Å². The summed E-state index contributed by atoms with van der Waals surface area (Å²) in [6.45, 7) is -2.82. The van der Waals surface area contributed by atoms with Crippen molar-refractivity contribution in [1.29, 1.82) is 0 Å². The van der Waals surface area contributed by atoms with Gasteiger partial charge in [0.05, 0.1) is 12.7 Å². The second-order valence-electron chi connectivity index (χ2n) is 8.31. The molecule has 0 aliphatic rings. The number of alkyl halides is 5. The van der Waals surface area contributed by atoms with Gasteiger partial charge in [0.2, 0.25) is 5.54 Å². The molecule has 0 saturated carbocycles. The molecule has 0 fully saturated rings. The number of hydrogen-bond donors (Lipinski definition) is 2. The SMILES string of the molecule is N/N=C\N(N)CC(N=O)(c1ccc(F)cc1F)C(F)(F)c1ccc(OCc2cccc(OCC(F)(F)F)c2)cn1. The van der Waals surface area contributed by atoms with Crippen molar-refractivity contribution in [3.63, 3.8) is 0 Å². The third-order valence-corrected chi connectivity index (χ3v) is 5.44. The van der Waals surface area contributed by atoms with E-state index in [1.54, 1.807) is 0 Å². The molecule has 1 aromatic heterocycles. The van der Waals surface area contributed by atoms with Crippen LogP contribution >= 0.6 is 0 Å². The lowest BCUT2D eigenvalue weighted by Crippen LogP contribution is -2.52. The van der Waals surface area contributed by atoms with E-state index in [9.17, 15) is 26.9 Å². The molecule has 3 rings (SSSR count). The van der Waals surface area contributed by atoms with E-state index in [0.717, 1.165) is 18.3 Å². The van der Waals surface area contributed by atoms with Gasteiger partial charge in [0.15, 0.2) is 6.61 Å². The molecule has 0 amide bonds. The molecule has 0 aliphatic heterocycles. The molecule has 1 unspecified atom stereocenters. The maximum atomic E-state index is 15.9. The largest absolute Gasteiger partial charge is 0.487 e. The lowest BCUT2D eigenvalue weighted by atomic mass is 9.81. The summed E-state index contributed by atoms with van der Waals surface area (Å²) in [5.41, 5.74) is -4.87. The number of rotatable bonds is 12. The van der Waals surface area contributed by atoms with E-state index in [0.29, 0.717) is 35.1 Å². The first kappa shape index (κ1) is 30.1. The van der Waals surface area contributed by atoms with Gasteiger partial charge in [-0.3, -0.25) is 9.99 Å². The van der Waals surface area contributed by atoms with E-state index < -0.39 is 53.7 Å². The standard InChI is InChI=1S/C24H21F7N6O3/c25-16-4-6-19(20(26)9-16)22(36-38,12-37(33)14-35-32)24(30,31)21-7-5-18(10-34-21)39-11-15-2-1-3-17(8-15)40-13-23(27,28)29/h1-10,14H,11-13,32-33H2/b35-14-. The zero-order chi connectivity index (χ0) is 29.6. The Morgan fingerprint density at radius 2 is 1.73 bits per heavy atom. The second-order valence-corrected chi connectivity index (χ2v) is 8.31. The molecule has 3 aromatic rings. The monoisotopic (exact) mass is 574 g/mol. The molecule has 40 heavy (non-hydrogen) atoms. The zero-order valence-corrected chi connectivity index (χ0v) is 20.3. The van der Waals surface area contributed by atoms with Gasteiger partial charge in [-0.1, -0.05) is 18.2 Å². The van der Waals surface area contributed by atoms with Crippen LogP contribution in [0.4, 0.5) is 30.7 Å². The second kappa shape index (κ2) is 12.1. The molecule has 2 aromatic carbocycles. The van der Waals surface area contributed by atoms with Crippen LogP contribution in [0.3, 0.4) is 0 Å². The van der Waals surface area contributed by atoms with Crippen LogP contribution in [-0.4, -0.2) is 35.7 Å². The molecule has 0 spiro atoms. The predicted octanol–water partition coefficient (Wildman–Crippen LogP) is 4.71. The number of pyridine rings is 1. The first-order valence-corrected chi connectivity index (χ1v) is 11.1. The normalized spacial score (nSPS) is 13.6. The van der Waals surface area contributed by atoms with E-state index in [1.165, 1.54) is 24.3 Å². The van der Waals surface area contributed by atoms with E-state index in [1.807, 2.05) is 0 Å². The van der Waals surface area contributed by atoms with Crippen molar-refractivity contribution in [3.8, 4) is 11.5 Å². The average Bonchev–Trinajstić information content (AvgIpc) is 2.90. The van der Waals surface area contributed by atoms with Crippen molar-refractivity contribution in [1.82, 2.24) is 9.99 Å². The molecule has 1 atom stereocenters. The van der Waals surface area contributed by atoms with Gasteiger partial charge in [0, 0.05) is 11.6 Å². The number of ether oxygens (including phenoxy) is 2. The zero-order valence-electron chi connectivity index (χ0n) is 20.3. The Labute approximate surface area is 222 Å². The molecule has 214 valence electrons. The Kier molecular flexibility index (Phi) is 9.13. The Morgan fingerprint density at radius 3 is 2.33 bits per heavy atom. The minimum absolute atomic E-state index is 0.0329. The van der Waals surface area contributed by atoms with Gasteiger partial charge >= 0.3 is 12.1 Å². The number of nitrogens with two attached hydrogens (primary N) is 2. The molecular weight excluding hydrogens is 553 g/mol. The Hall–Kier alpha value is -4.47. The van der Waals surface area contributed by atoms with Crippen molar-refractivity contribution in [2.24, 2.45) is 22.0 Å². The van der Waals surface area contributed by atoms with Crippen molar-refractivity contribution in [3.05, 3.63) is 94.2 Å². The van der Waals surface area contributed by atoms with Crippen molar-refractivity contribution in [2.45, 2.75) is 24.2 Å². The fourth-order valence-corrected chi connectivity index (χ4v) is 3.62. The maximum Gasteiger partial charge on any atom is 0.422 e. The van der Waals surface area contributed by atoms with Gasteiger partial charge in [-0.2, -0.15) is 27.1 Å². The van der Waals surface area contributed by atoms with Crippen LogP contribution in [0.15, 0.2) is 71.1 Å². The fraction of sp³-hybridized carbons (Fsp3) is 0.250. The summed E-state index contributed by atoms with van der Waals surface area (Å²) < 4.78 is 107. The number of nitrogens with zero attached hydrogens (tertiary/aromatic N) is 4. The van der Waals surface area contributed by atoms with Crippen LogP contribution in [0.2, 0.25) is 0 Å². The summed E-state index contributed by atoms with van der Waals surface area (Å²) in [6, 6.07) is 9.03. The lowest BCUT2D eigenvalue weighted by molar-refractivity contribution is -0.153. The predicted molar refractivity (Wildman–Crippen MR) is 128 cm³/mol. The summed E-state index contributed by atoms with van der Waals surface area (Å²) in [5.74, 6) is 3.56. The summed E-state index contributed by atoms with van der Waals surface area (Å²) in [5, 5.41) is 6.09. The third-order valence-electron chi connectivity index (χ3n) is 5.44. The highest BCUT2D eigenvalue weighted by atomic mass is 19.4. The molecule has 1 heterocycles. The molecular formula is C24H21F7N6O3. The Balaban J connectivity index is 1.86. The number of hydrazine groups is 1. The highest BCUT2D eigenvalue weighted by Gasteiger charge is 2.61. The first-order chi connectivity index (χ1) is 18.8. The van der Waals surface area contributed by atoms with Crippen molar-refractivity contribution < 1.29 is 40.2 Å². The average molecular weight is 574 g/mol. The minimum Gasteiger partial charge on any atom is -0.487 e. The summed E-state index contributed by atoms with van der Waals surface area (Å²) >= 11 is 0. The molecule has 0 radical (unpaired) electrons. The molecule has 4 N–H and O–H groups in total. The number of aromatic nitrogens is 1. The smallest absolute Gasteiger partial charge is 0.422 e. The van der Waals surface area contributed by atoms with E-state index in [2.05, 4.69) is 20.0 Å². The number of nitroso groups, excluding NO2 is 1. The van der Waals surface area contributed by atoms with Crippen LogP contribution < -0.4 is 21.2 Å². The van der Waals surface area contributed by atoms with Crippen molar-refractivity contribution in [2.75, 3.05) is 13.2 Å². The van der Waals surface area contributed by atoms with Gasteiger partial charge in [-0.15, -0.1) is 4.91 Å². The van der Waals surface area contributed by atoms with Gasteiger partial charge in [-0.05, 0) is 41.1 Å². The summed E-state index contributed by atoms with van der Waals surface area (Å²) in [4.78, 5) is 15.6. The van der Waals surface area contributed by atoms with Crippen molar-refractivity contribution >= 4 is 6.34 Å². The highest BCUT2D eigenvalue weighted by Crippen LogP contribution is 2.49. The molecule has 0 bridgehead atoms. The van der Waals surface area contributed by atoms with E-state index >= 15 is 8.78 Å². The van der Waals surface area contributed by atoms with Gasteiger partial charge in [-0.25, -0.2) is 14.6 Å². The third kappa shape index (κ3) is 6.93. The summed E-state index contributed by atoms with van der Waals surface area (Å²) in [6.07, 6.45) is -2.96. The molecule has 0 aliphatic carbocycles. The lowest BCUT2D eigenvalue weighted by Gasteiger charge is -2.36. The number of benzene rings is 2. The quantitative estimate of drug-likeness (QED) is 0.0801. The Bertz CT molecular complexity index is 1340.